The Morgan fingerprint density at radius 2 is 1.33 bits per heavy atom. The average molecular weight is 418 g/mol. The molecule has 0 saturated heterocycles. The molecule has 0 unspecified atom stereocenters. The zero-order valence-electron chi connectivity index (χ0n) is 17.2. The summed E-state index contributed by atoms with van der Waals surface area (Å²) >= 11 is 0. The van der Waals surface area contributed by atoms with E-state index in [9.17, 15) is 29.4 Å². The van der Waals surface area contributed by atoms with Crippen LogP contribution in [-0.4, -0.2) is 47.3 Å². The molecular weight excluding hydrogens is 392 g/mol. The molecule has 0 heterocycles. The van der Waals surface area contributed by atoms with Crippen molar-refractivity contribution in [2.24, 2.45) is 0 Å². The molecule has 0 aliphatic rings. The molecule has 0 atom stereocenters. The molecule has 0 aliphatic heterocycles. The maximum Gasteiger partial charge on any atom is 0.336 e. The number of esters is 2. The van der Waals surface area contributed by atoms with Crippen LogP contribution in [0.2, 0.25) is 0 Å². The van der Waals surface area contributed by atoms with Gasteiger partial charge in [-0.25, -0.2) is 19.2 Å². The number of benzene rings is 1. The number of carboxylic acids is 2. The van der Waals surface area contributed by atoms with E-state index in [0.29, 0.717) is 30.4 Å². The van der Waals surface area contributed by atoms with Gasteiger partial charge in [0.25, 0.3) is 0 Å². The molecule has 8 nitrogen and oxygen atoms in total. The second kappa shape index (κ2) is 11.5. The molecule has 8 heteroatoms. The Labute approximate surface area is 174 Å². The minimum Gasteiger partial charge on any atom is -0.478 e. The van der Waals surface area contributed by atoms with Crippen LogP contribution in [0.3, 0.4) is 0 Å². The van der Waals surface area contributed by atoms with Gasteiger partial charge in [0.15, 0.2) is 0 Å². The number of aryl methyl sites for hydroxylation is 1. The second-order valence-corrected chi connectivity index (χ2v) is 6.78. The van der Waals surface area contributed by atoms with Crippen LogP contribution in [0, 0.1) is 0 Å². The molecule has 0 saturated carbocycles. The van der Waals surface area contributed by atoms with Crippen molar-refractivity contribution in [3.8, 4) is 0 Å². The number of hydrogen-bond donors (Lipinski definition) is 2. The number of aromatic carboxylic acids is 2. The van der Waals surface area contributed by atoms with Gasteiger partial charge < -0.3 is 19.7 Å². The van der Waals surface area contributed by atoms with E-state index in [4.69, 9.17) is 9.47 Å². The van der Waals surface area contributed by atoms with Crippen molar-refractivity contribution in [3.05, 3.63) is 58.7 Å². The zero-order valence-corrected chi connectivity index (χ0v) is 17.2. The van der Waals surface area contributed by atoms with E-state index < -0.39 is 23.9 Å². The normalized spacial score (nSPS) is 10.2. The van der Waals surface area contributed by atoms with Crippen LogP contribution in [0.1, 0.15) is 58.5 Å². The first-order chi connectivity index (χ1) is 14.1. The Kier molecular flexibility index (Phi) is 9.48. The first kappa shape index (κ1) is 24.6. The van der Waals surface area contributed by atoms with Crippen molar-refractivity contribution < 1.29 is 38.9 Å². The van der Waals surface area contributed by atoms with E-state index in [1.54, 1.807) is 6.07 Å². The number of carbonyl (C=O) groups excluding carboxylic acids is 2. The molecule has 2 N–H and O–H groups in total. The molecule has 1 aromatic carbocycles. The van der Waals surface area contributed by atoms with Gasteiger partial charge in [0.2, 0.25) is 0 Å². The molecule has 1 aromatic rings. The van der Waals surface area contributed by atoms with Crippen molar-refractivity contribution in [1.82, 2.24) is 0 Å². The Morgan fingerprint density at radius 1 is 0.833 bits per heavy atom. The van der Waals surface area contributed by atoms with Crippen LogP contribution in [0.25, 0.3) is 0 Å². The van der Waals surface area contributed by atoms with Crippen molar-refractivity contribution in [3.63, 3.8) is 0 Å². The largest absolute Gasteiger partial charge is 0.478 e. The first-order valence-corrected chi connectivity index (χ1v) is 9.32. The molecule has 0 radical (unpaired) electrons. The fourth-order valence-corrected chi connectivity index (χ4v) is 2.72. The van der Waals surface area contributed by atoms with Crippen LogP contribution in [-0.2, 0) is 31.9 Å². The highest BCUT2D eigenvalue weighted by Gasteiger charge is 2.22. The molecular formula is C22H26O8. The van der Waals surface area contributed by atoms with Crippen LogP contribution < -0.4 is 0 Å². The van der Waals surface area contributed by atoms with Crippen molar-refractivity contribution in [2.45, 2.75) is 39.5 Å². The maximum atomic E-state index is 11.8. The minimum atomic E-state index is -1.35. The van der Waals surface area contributed by atoms with Gasteiger partial charge in [-0.3, -0.25) is 0 Å². The van der Waals surface area contributed by atoms with Crippen LogP contribution in [0.15, 0.2) is 36.4 Å². The molecule has 0 aromatic heterocycles. The van der Waals surface area contributed by atoms with Crippen LogP contribution in [0.5, 0.6) is 0 Å². The SMILES string of the molecule is C=C(C)C(=O)OCCCc1ccc(C(=O)O)c(C(=O)O)c1CCCOC(=O)C(=C)C. The lowest BCUT2D eigenvalue weighted by Crippen LogP contribution is -2.15. The summed E-state index contributed by atoms with van der Waals surface area (Å²) in [5.41, 5.74) is 0.923. The summed E-state index contributed by atoms with van der Waals surface area (Å²) in [6.45, 7) is 10.2. The molecule has 0 fully saturated rings. The van der Waals surface area contributed by atoms with Crippen molar-refractivity contribution in [2.75, 3.05) is 13.2 Å². The molecule has 0 amide bonds. The predicted octanol–water partition coefficient (Wildman–Crippen LogP) is 3.19. The van der Waals surface area contributed by atoms with Gasteiger partial charge in [0, 0.05) is 11.1 Å². The summed E-state index contributed by atoms with van der Waals surface area (Å²) in [6, 6.07) is 2.82. The predicted molar refractivity (Wildman–Crippen MR) is 109 cm³/mol. The van der Waals surface area contributed by atoms with Crippen molar-refractivity contribution in [1.29, 1.82) is 0 Å². The fraction of sp³-hybridized carbons (Fsp3) is 0.364. The molecule has 0 bridgehead atoms. The second-order valence-electron chi connectivity index (χ2n) is 6.78. The lowest BCUT2D eigenvalue weighted by Gasteiger charge is -2.15. The quantitative estimate of drug-likeness (QED) is 0.301. The van der Waals surface area contributed by atoms with Gasteiger partial charge in [-0.2, -0.15) is 0 Å². The average Bonchev–Trinajstić information content (AvgIpc) is 2.67. The number of rotatable bonds is 12. The van der Waals surface area contributed by atoms with E-state index in [0.717, 1.165) is 0 Å². The topological polar surface area (TPSA) is 127 Å². The maximum absolute atomic E-state index is 11.8. The van der Waals surface area contributed by atoms with Crippen LogP contribution >= 0.6 is 0 Å². The molecule has 30 heavy (non-hydrogen) atoms. The summed E-state index contributed by atoms with van der Waals surface area (Å²) in [7, 11) is 0. The van der Waals surface area contributed by atoms with Gasteiger partial charge in [0.05, 0.1) is 24.3 Å². The molecule has 0 aliphatic carbocycles. The molecule has 0 spiro atoms. The molecule has 1 rings (SSSR count). The lowest BCUT2D eigenvalue weighted by molar-refractivity contribution is -0.139. The lowest BCUT2D eigenvalue weighted by atomic mass is 9.90. The highest BCUT2D eigenvalue weighted by atomic mass is 16.5. The van der Waals surface area contributed by atoms with Gasteiger partial charge in [-0.15, -0.1) is 0 Å². The Bertz CT molecular complexity index is 866. The summed E-state index contributed by atoms with van der Waals surface area (Å²) in [4.78, 5) is 46.2. The fourth-order valence-electron chi connectivity index (χ4n) is 2.72. The van der Waals surface area contributed by atoms with Gasteiger partial charge >= 0.3 is 23.9 Å². The van der Waals surface area contributed by atoms with Gasteiger partial charge in [-0.1, -0.05) is 19.2 Å². The Morgan fingerprint density at radius 3 is 1.77 bits per heavy atom. The number of ether oxygens (including phenoxy) is 2. The summed E-state index contributed by atoms with van der Waals surface area (Å²) in [5.74, 6) is -3.75. The third kappa shape index (κ3) is 7.20. The van der Waals surface area contributed by atoms with E-state index in [-0.39, 0.29) is 41.9 Å². The van der Waals surface area contributed by atoms with Gasteiger partial charge in [-0.05, 0) is 56.7 Å². The minimum absolute atomic E-state index is 0.0394. The number of hydrogen-bond acceptors (Lipinski definition) is 6. The van der Waals surface area contributed by atoms with Gasteiger partial charge in [0.1, 0.15) is 0 Å². The first-order valence-electron chi connectivity index (χ1n) is 9.32. The smallest absolute Gasteiger partial charge is 0.336 e. The van der Waals surface area contributed by atoms with E-state index in [1.807, 2.05) is 0 Å². The molecule has 162 valence electrons. The number of carbonyl (C=O) groups is 4. The summed E-state index contributed by atoms with van der Waals surface area (Å²) < 4.78 is 10.1. The standard InChI is InChI=1S/C22H26O8/c1-13(2)21(27)29-11-5-7-15-9-10-17(19(23)24)18(20(25)26)16(15)8-6-12-30-22(28)14(3)4/h9-10H,1,3,5-8,11-12H2,2,4H3,(H,23,24)(H,25,26). The summed E-state index contributed by atoms with van der Waals surface area (Å²) in [6.07, 6.45) is 1.31. The van der Waals surface area contributed by atoms with Crippen molar-refractivity contribution >= 4 is 23.9 Å². The van der Waals surface area contributed by atoms with E-state index >= 15 is 0 Å². The van der Waals surface area contributed by atoms with E-state index in [2.05, 4.69) is 13.2 Å². The number of carboxylic acid groups (broad SMARTS) is 2. The highest BCUT2D eigenvalue weighted by molar-refractivity contribution is 6.03. The Balaban J connectivity index is 3.01. The zero-order chi connectivity index (χ0) is 22.8. The monoisotopic (exact) mass is 418 g/mol. The third-order valence-electron chi connectivity index (χ3n) is 4.18. The third-order valence-corrected chi connectivity index (χ3v) is 4.18. The Hall–Kier alpha value is -3.42. The van der Waals surface area contributed by atoms with Crippen LogP contribution in [0.4, 0.5) is 0 Å². The highest BCUT2D eigenvalue weighted by Crippen LogP contribution is 2.23. The van der Waals surface area contributed by atoms with E-state index in [1.165, 1.54) is 19.9 Å². The summed E-state index contributed by atoms with van der Waals surface area (Å²) in [5, 5.41) is 19.0.